The Bertz CT molecular complexity index is 677. The van der Waals surface area contributed by atoms with E-state index in [2.05, 4.69) is 44.2 Å². The van der Waals surface area contributed by atoms with Crippen molar-refractivity contribution in [2.45, 2.75) is 58.0 Å². The number of hydrogen-bond acceptors (Lipinski definition) is 5. The number of β-lactam (4-membered cyclic amide) rings is 1. The second kappa shape index (κ2) is 7.48. The number of fused-ring (bicyclic) bond motifs is 1. The number of nitrogens with zero attached hydrogens (tertiary/aromatic N) is 2. The second-order valence-corrected chi connectivity index (χ2v) is 12.1. The Labute approximate surface area is 161 Å². The Kier molecular flexibility index (Phi) is 5.65. The molecular formula is C18H29N3O3SSi. The summed E-state index contributed by atoms with van der Waals surface area (Å²) in [6, 6.07) is -0.124. The maximum absolute atomic E-state index is 12.7. The summed E-state index contributed by atoms with van der Waals surface area (Å²) in [6.07, 6.45) is 2.16. The van der Waals surface area contributed by atoms with Gasteiger partial charge in [0.15, 0.2) is 20.0 Å². The van der Waals surface area contributed by atoms with Crippen molar-refractivity contribution < 1.29 is 14.0 Å². The van der Waals surface area contributed by atoms with Gasteiger partial charge in [0.25, 0.3) is 0 Å². The van der Waals surface area contributed by atoms with E-state index in [-0.39, 0.29) is 35.0 Å². The highest BCUT2D eigenvalue weighted by atomic mass is 32.2. The zero-order valence-corrected chi connectivity index (χ0v) is 18.2. The number of imidazole rings is 1. The van der Waals surface area contributed by atoms with Crippen LogP contribution in [0.25, 0.3) is 0 Å². The summed E-state index contributed by atoms with van der Waals surface area (Å²) in [5.41, 5.74) is 0.462. The lowest BCUT2D eigenvalue weighted by Crippen LogP contribution is -2.63. The molecule has 144 valence electrons. The summed E-state index contributed by atoms with van der Waals surface area (Å²) in [5.74, 6) is 1.00. The topological polar surface area (TPSA) is 73.2 Å². The maximum atomic E-state index is 12.7. The van der Waals surface area contributed by atoms with Crippen molar-refractivity contribution in [1.82, 2.24) is 14.9 Å². The van der Waals surface area contributed by atoms with Crippen LogP contribution in [0.4, 0.5) is 0 Å². The van der Waals surface area contributed by atoms with Crippen LogP contribution in [0.2, 0.25) is 13.1 Å². The molecule has 0 radical (unpaired) electrons. The van der Waals surface area contributed by atoms with Crippen LogP contribution in [0.15, 0.2) is 11.4 Å². The molecule has 0 aromatic carbocycles. The number of amides is 1. The fourth-order valence-corrected chi connectivity index (χ4v) is 5.17. The molecule has 6 nitrogen and oxygen atoms in total. The molecule has 0 spiro atoms. The molecule has 8 heteroatoms. The van der Waals surface area contributed by atoms with Crippen LogP contribution in [-0.4, -0.2) is 48.7 Å². The van der Waals surface area contributed by atoms with Crippen molar-refractivity contribution in [1.29, 1.82) is 0 Å². The van der Waals surface area contributed by atoms with Gasteiger partial charge in [-0.3, -0.25) is 9.59 Å². The van der Waals surface area contributed by atoms with Gasteiger partial charge in [-0.15, -0.1) is 0 Å². The smallest absolute Gasteiger partial charge is 0.225 e. The van der Waals surface area contributed by atoms with Crippen LogP contribution in [0.5, 0.6) is 0 Å². The third kappa shape index (κ3) is 4.07. The molecule has 1 saturated heterocycles. The van der Waals surface area contributed by atoms with E-state index in [9.17, 15) is 9.59 Å². The third-order valence-corrected chi connectivity index (χ3v) is 7.04. The van der Waals surface area contributed by atoms with Crippen molar-refractivity contribution >= 4 is 32.5 Å². The number of ketones is 1. The normalized spacial score (nSPS) is 23.5. The fourth-order valence-electron chi connectivity index (χ4n) is 3.63. The zero-order valence-electron chi connectivity index (χ0n) is 16.2. The Morgan fingerprint density at radius 2 is 2.23 bits per heavy atom. The minimum atomic E-state index is -1.16. The quantitative estimate of drug-likeness (QED) is 0.436. The van der Waals surface area contributed by atoms with E-state index in [1.807, 2.05) is 10.8 Å². The molecule has 0 saturated carbocycles. The van der Waals surface area contributed by atoms with Crippen molar-refractivity contribution in [3.05, 3.63) is 11.9 Å². The molecule has 26 heavy (non-hydrogen) atoms. The maximum Gasteiger partial charge on any atom is 0.225 e. The van der Waals surface area contributed by atoms with Crippen molar-refractivity contribution in [2.24, 2.45) is 17.3 Å². The van der Waals surface area contributed by atoms with Gasteiger partial charge in [-0.05, 0) is 24.4 Å². The monoisotopic (exact) mass is 395 g/mol. The summed E-state index contributed by atoms with van der Waals surface area (Å²) >= 11 is 1.68. The van der Waals surface area contributed by atoms with Crippen molar-refractivity contribution in [2.75, 3.05) is 12.4 Å². The largest absolute Gasteiger partial charge is 0.420 e. The van der Waals surface area contributed by atoms with Gasteiger partial charge in [-0.25, -0.2) is 4.98 Å². The zero-order chi connectivity index (χ0) is 19.1. The van der Waals surface area contributed by atoms with E-state index in [4.69, 9.17) is 4.43 Å². The molecular weight excluding hydrogens is 366 g/mol. The van der Waals surface area contributed by atoms with Crippen LogP contribution in [0.1, 0.15) is 37.7 Å². The first-order valence-electron chi connectivity index (χ1n) is 9.32. The Morgan fingerprint density at radius 3 is 2.81 bits per heavy atom. The van der Waals surface area contributed by atoms with E-state index in [0.29, 0.717) is 18.7 Å². The SMILES string of the molecule is C[SiH](C)OC[C@H]([C@@H]1C(=O)N[C@@H]1CC(=O)c1cn2c(n1)SCC2)C(C)(C)C. The molecule has 0 bridgehead atoms. The first kappa shape index (κ1) is 19.6. The van der Waals surface area contributed by atoms with Gasteiger partial charge in [-0.2, -0.15) is 0 Å². The number of carbonyl (C=O) groups excluding carboxylic acids is 2. The van der Waals surface area contributed by atoms with Gasteiger partial charge in [0, 0.05) is 37.6 Å². The molecule has 0 aliphatic carbocycles. The van der Waals surface area contributed by atoms with Gasteiger partial charge in [0.05, 0.1) is 5.92 Å². The van der Waals surface area contributed by atoms with E-state index in [1.54, 1.807) is 11.8 Å². The Hall–Kier alpha value is -1.12. The summed E-state index contributed by atoms with van der Waals surface area (Å²) in [7, 11) is -1.16. The number of nitrogens with one attached hydrogen (secondary N) is 1. The van der Waals surface area contributed by atoms with E-state index in [1.165, 1.54) is 0 Å². The average molecular weight is 396 g/mol. The highest BCUT2D eigenvalue weighted by molar-refractivity contribution is 7.99. The van der Waals surface area contributed by atoms with Crippen LogP contribution >= 0.6 is 11.8 Å². The van der Waals surface area contributed by atoms with Gasteiger partial charge in [0.1, 0.15) is 5.69 Å². The molecule has 1 N–H and O–H groups in total. The molecule has 3 heterocycles. The summed E-state index contributed by atoms with van der Waals surface area (Å²) < 4.78 is 8.01. The van der Waals surface area contributed by atoms with E-state index < -0.39 is 9.04 Å². The molecule has 1 fully saturated rings. The molecule has 1 aromatic heterocycles. The van der Waals surface area contributed by atoms with Crippen LogP contribution in [0, 0.1) is 17.3 Å². The number of Topliss-reactive ketones (excluding diaryl/α,β-unsaturated/α-hetero) is 1. The summed E-state index contributed by atoms with van der Waals surface area (Å²) in [6.45, 7) is 12.2. The van der Waals surface area contributed by atoms with Crippen LogP contribution < -0.4 is 5.32 Å². The highest BCUT2D eigenvalue weighted by Gasteiger charge is 2.49. The summed E-state index contributed by atoms with van der Waals surface area (Å²) in [5, 5.41) is 3.86. The average Bonchev–Trinajstić information content (AvgIpc) is 3.10. The van der Waals surface area contributed by atoms with Gasteiger partial charge < -0.3 is 14.3 Å². The first-order valence-corrected chi connectivity index (χ1v) is 13.1. The van der Waals surface area contributed by atoms with Gasteiger partial charge in [0.2, 0.25) is 5.91 Å². The summed E-state index contributed by atoms with van der Waals surface area (Å²) in [4.78, 5) is 29.4. The number of aromatic nitrogens is 2. The molecule has 0 unspecified atom stereocenters. The minimum Gasteiger partial charge on any atom is -0.420 e. The van der Waals surface area contributed by atoms with Crippen molar-refractivity contribution in [3.63, 3.8) is 0 Å². The lowest BCUT2D eigenvalue weighted by molar-refractivity contribution is -0.141. The second-order valence-electron chi connectivity index (χ2n) is 8.57. The molecule has 3 atom stereocenters. The lowest BCUT2D eigenvalue weighted by atomic mass is 9.66. The molecule has 3 rings (SSSR count). The number of rotatable bonds is 7. The molecule has 2 aliphatic heterocycles. The van der Waals surface area contributed by atoms with Crippen LogP contribution in [-0.2, 0) is 15.8 Å². The molecule has 1 aromatic rings. The predicted molar refractivity (Wildman–Crippen MR) is 105 cm³/mol. The van der Waals surface area contributed by atoms with Gasteiger partial charge in [-0.1, -0.05) is 32.5 Å². The van der Waals surface area contributed by atoms with E-state index >= 15 is 0 Å². The van der Waals surface area contributed by atoms with Gasteiger partial charge >= 0.3 is 0 Å². The Morgan fingerprint density at radius 1 is 1.50 bits per heavy atom. The Balaban J connectivity index is 1.68. The van der Waals surface area contributed by atoms with E-state index in [0.717, 1.165) is 17.5 Å². The molecule has 1 amide bonds. The third-order valence-electron chi connectivity index (χ3n) is 5.21. The lowest BCUT2D eigenvalue weighted by Gasteiger charge is -2.46. The minimum absolute atomic E-state index is 0.00862. The number of aryl methyl sites for hydroxylation is 1. The molecule has 2 aliphatic rings. The fraction of sp³-hybridized carbons (Fsp3) is 0.722. The predicted octanol–water partition coefficient (Wildman–Crippen LogP) is 2.34. The first-order chi connectivity index (χ1) is 12.2. The standard InChI is InChI=1S/C18H29N3O3SSi/c1-18(2,3)11(10-24-26(4)5)15-12(19-16(15)23)8-14(22)13-9-21-6-7-25-17(21)20-13/h9,11-12,15,26H,6-8,10H2,1-5H3,(H,19,23)/t11-,12-,15+/m1/s1. The number of thioether (sulfide) groups is 1. The number of hydrogen-bond donors (Lipinski definition) is 1. The van der Waals surface area contributed by atoms with Crippen molar-refractivity contribution in [3.8, 4) is 0 Å². The van der Waals surface area contributed by atoms with Crippen LogP contribution in [0.3, 0.4) is 0 Å². The number of carbonyl (C=O) groups is 2. The highest BCUT2D eigenvalue weighted by Crippen LogP contribution is 2.39.